The van der Waals surface area contributed by atoms with Crippen LogP contribution in [-0.2, 0) is 0 Å². The summed E-state index contributed by atoms with van der Waals surface area (Å²) in [5.74, 6) is 3.45. The largest absolute Gasteiger partial charge is 0.316 e. The molecule has 0 aromatic heterocycles. The Labute approximate surface area is 75.1 Å². The summed E-state index contributed by atoms with van der Waals surface area (Å²) >= 11 is 0. The van der Waals surface area contributed by atoms with Crippen LogP contribution in [0.4, 0.5) is 0 Å². The second-order valence-corrected chi connectivity index (χ2v) is 3.51. The van der Waals surface area contributed by atoms with Crippen molar-refractivity contribution in [2.24, 2.45) is 5.92 Å². The van der Waals surface area contributed by atoms with Crippen molar-refractivity contribution in [3.8, 4) is 12.3 Å². The maximum atomic E-state index is 5.26. The molecule has 2 heteroatoms. The zero-order valence-corrected chi connectivity index (χ0v) is 7.77. The highest BCUT2D eigenvalue weighted by atomic mass is 14.9. The van der Waals surface area contributed by atoms with Crippen LogP contribution in [0, 0.1) is 18.3 Å². The van der Waals surface area contributed by atoms with Crippen LogP contribution in [0.5, 0.6) is 0 Å². The van der Waals surface area contributed by atoms with Gasteiger partial charge in [0.05, 0.1) is 6.04 Å². The molecule has 1 heterocycles. The molecule has 68 valence electrons. The number of hydrogen-bond donors (Lipinski definition) is 2. The number of terminal acetylenes is 1. The Morgan fingerprint density at radius 1 is 1.75 bits per heavy atom. The predicted molar refractivity (Wildman–Crippen MR) is 51.9 cm³/mol. The van der Waals surface area contributed by atoms with E-state index in [2.05, 4.69) is 16.6 Å². The van der Waals surface area contributed by atoms with Gasteiger partial charge in [-0.05, 0) is 38.8 Å². The molecule has 2 unspecified atom stereocenters. The third-order valence-corrected chi connectivity index (χ3v) is 2.36. The highest BCUT2D eigenvalue weighted by molar-refractivity contribution is 4.95. The van der Waals surface area contributed by atoms with E-state index in [4.69, 9.17) is 6.42 Å². The van der Waals surface area contributed by atoms with Gasteiger partial charge >= 0.3 is 0 Å². The Balaban J connectivity index is 2.10. The van der Waals surface area contributed by atoms with E-state index in [1.54, 1.807) is 0 Å². The summed E-state index contributed by atoms with van der Waals surface area (Å²) in [5, 5.41) is 6.71. The van der Waals surface area contributed by atoms with Crippen molar-refractivity contribution in [2.75, 3.05) is 19.6 Å². The summed E-state index contributed by atoms with van der Waals surface area (Å²) in [4.78, 5) is 0. The lowest BCUT2D eigenvalue weighted by Crippen LogP contribution is -2.38. The number of hydrogen-bond acceptors (Lipinski definition) is 2. The van der Waals surface area contributed by atoms with Gasteiger partial charge in [0.25, 0.3) is 0 Å². The fraction of sp³-hybridized carbons (Fsp3) is 0.800. The first-order valence-electron chi connectivity index (χ1n) is 4.73. The highest BCUT2D eigenvalue weighted by Crippen LogP contribution is 2.08. The zero-order chi connectivity index (χ0) is 8.81. The fourth-order valence-electron chi connectivity index (χ4n) is 1.50. The number of piperidine rings is 1. The number of rotatable bonds is 3. The van der Waals surface area contributed by atoms with E-state index in [1.807, 2.05) is 6.92 Å². The lowest BCUT2D eigenvalue weighted by molar-refractivity contribution is 0.356. The molecule has 0 radical (unpaired) electrons. The second-order valence-electron chi connectivity index (χ2n) is 3.51. The Bertz CT molecular complexity index is 154. The van der Waals surface area contributed by atoms with Crippen LogP contribution in [0.15, 0.2) is 0 Å². The summed E-state index contributed by atoms with van der Waals surface area (Å²) in [5.41, 5.74) is 0. The Kier molecular flexibility index (Phi) is 4.13. The highest BCUT2D eigenvalue weighted by Gasteiger charge is 2.12. The van der Waals surface area contributed by atoms with Gasteiger partial charge in [-0.25, -0.2) is 0 Å². The average Bonchev–Trinajstić information content (AvgIpc) is 2.16. The van der Waals surface area contributed by atoms with Crippen LogP contribution in [0.1, 0.15) is 19.8 Å². The smallest absolute Gasteiger partial charge is 0.0658 e. The molecule has 1 aliphatic heterocycles. The molecule has 0 aliphatic carbocycles. The molecule has 2 nitrogen and oxygen atoms in total. The van der Waals surface area contributed by atoms with E-state index in [-0.39, 0.29) is 6.04 Å². The monoisotopic (exact) mass is 166 g/mol. The minimum atomic E-state index is 0.215. The molecule has 2 atom stereocenters. The Hall–Kier alpha value is -0.520. The average molecular weight is 166 g/mol. The molecule has 0 bridgehead atoms. The molecule has 1 saturated heterocycles. The minimum absolute atomic E-state index is 0.215. The van der Waals surface area contributed by atoms with Crippen molar-refractivity contribution in [3.63, 3.8) is 0 Å². The van der Waals surface area contributed by atoms with Gasteiger partial charge in [-0.15, -0.1) is 6.42 Å². The van der Waals surface area contributed by atoms with Gasteiger partial charge in [0.15, 0.2) is 0 Å². The van der Waals surface area contributed by atoms with Gasteiger partial charge in [0.1, 0.15) is 0 Å². The molecule has 0 aromatic carbocycles. The van der Waals surface area contributed by atoms with Crippen LogP contribution in [0.2, 0.25) is 0 Å². The summed E-state index contributed by atoms with van der Waals surface area (Å²) in [7, 11) is 0. The van der Waals surface area contributed by atoms with E-state index >= 15 is 0 Å². The van der Waals surface area contributed by atoms with Gasteiger partial charge in [-0.3, -0.25) is 0 Å². The third kappa shape index (κ3) is 3.25. The normalized spacial score (nSPS) is 26.2. The molecule has 0 saturated carbocycles. The van der Waals surface area contributed by atoms with Crippen molar-refractivity contribution in [1.82, 2.24) is 10.6 Å². The lowest BCUT2D eigenvalue weighted by Gasteiger charge is -2.23. The van der Waals surface area contributed by atoms with Gasteiger partial charge < -0.3 is 10.6 Å². The SMILES string of the molecule is C#CC(C)NCC1CCCNC1. The van der Waals surface area contributed by atoms with E-state index < -0.39 is 0 Å². The fourth-order valence-corrected chi connectivity index (χ4v) is 1.50. The maximum absolute atomic E-state index is 5.26. The molecule has 12 heavy (non-hydrogen) atoms. The van der Waals surface area contributed by atoms with E-state index in [0.717, 1.165) is 19.0 Å². The van der Waals surface area contributed by atoms with E-state index in [1.165, 1.54) is 19.4 Å². The van der Waals surface area contributed by atoms with Crippen molar-refractivity contribution >= 4 is 0 Å². The van der Waals surface area contributed by atoms with E-state index in [0.29, 0.717) is 0 Å². The van der Waals surface area contributed by atoms with Crippen LogP contribution in [0.25, 0.3) is 0 Å². The molecule has 0 aromatic rings. The third-order valence-electron chi connectivity index (χ3n) is 2.36. The standard InChI is InChI=1S/C10H18N2/c1-3-9(2)12-8-10-5-4-6-11-7-10/h1,9-12H,4-8H2,2H3. The molecule has 1 rings (SSSR count). The summed E-state index contributed by atoms with van der Waals surface area (Å²) in [6.45, 7) is 5.40. The first-order chi connectivity index (χ1) is 5.83. The molecule has 0 spiro atoms. The van der Waals surface area contributed by atoms with Crippen LogP contribution < -0.4 is 10.6 Å². The van der Waals surface area contributed by atoms with Gasteiger partial charge in [-0.1, -0.05) is 5.92 Å². The lowest BCUT2D eigenvalue weighted by atomic mass is 9.99. The molecule has 1 aliphatic rings. The van der Waals surface area contributed by atoms with Gasteiger partial charge in [0, 0.05) is 6.54 Å². The van der Waals surface area contributed by atoms with Crippen molar-refractivity contribution in [3.05, 3.63) is 0 Å². The van der Waals surface area contributed by atoms with Crippen molar-refractivity contribution in [1.29, 1.82) is 0 Å². The van der Waals surface area contributed by atoms with Crippen LogP contribution in [-0.4, -0.2) is 25.7 Å². The summed E-state index contributed by atoms with van der Waals surface area (Å²) in [6, 6.07) is 0.215. The van der Waals surface area contributed by atoms with Crippen LogP contribution >= 0.6 is 0 Å². The molecular formula is C10H18N2. The molecule has 1 fully saturated rings. The van der Waals surface area contributed by atoms with Gasteiger partial charge in [-0.2, -0.15) is 0 Å². The number of nitrogens with one attached hydrogen (secondary N) is 2. The zero-order valence-electron chi connectivity index (χ0n) is 7.77. The Morgan fingerprint density at radius 2 is 2.58 bits per heavy atom. The van der Waals surface area contributed by atoms with Crippen LogP contribution in [0.3, 0.4) is 0 Å². The summed E-state index contributed by atoms with van der Waals surface area (Å²) in [6.07, 6.45) is 7.89. The first-order valence-corrected chi connectivity index (χ1v) is 4.73. The Morgan fingerprint density at radius 3 is 3.17 bits per heavy atom. The van der Waals surface area contributed by atoms with E-state index in [9.17, 15) is 0 Å². The molecular weight excluding hydrogens is 148 g/mol. The predicted octanol–water partition coefficient (Wildman–Crippen LogP) is 0.597. The first kappa shape index (κ1) is 9.57. The quantitative estimate of drug-likeness (QED) is 0.600. The topological polar surface area (TPSA) is 24.1 Å². The summed E-state index contributed by atoms with van der Waals surface area (Å²) < 4.78 is 0. The molecule has 0 amide bonds. The van der Waals surface area contributed by atoms with Crippen molar-refractivity contribution < 1.29 is 0 Å². The van der Waals surface area contributed by atoms with Crippen molar-refractivity contribution in [2.45, 2.75) is 25.8 Å². The van der Waals surface area contributed by atoms with Gasteiger partial charge in [0.2, 0.25) is 0 Å². The minimum Gasteiger partial charge on any atom is -0.316 e. The maximum Gasteiger partial charge on any atom is 0.0658 e. The molecule has 2 N–H and O–H groups in total. The second kappa shape index (κ2) is 5.18.